The zero-order chi connectivity index (χ0) is 15.6. The fourth-order valence-electron chi connectivity index (χ4n) is 2.08. The molecule has 0 aliphatic rings. The SMILES string of the molecule is CN(C)c1ccc(C(=O)N(C)c2ccc(O)cc2)cc1N. The van der Waals surface area contributed by atoms with Crippen LogP contribution in [0.25, 0.3) is 0 Å². The molecule has 0 saturated carbocycles. The highest BCUT2D eigenvalue weighted by atomic mass is 16.3. The van der Waals surface area contributed by atoms with E-state index in [2.05, 4.69) is 0 Å². The third kappa shape index (κ3) is 3.08. The number of phenolic OH excluding ortho intramolecular Hbond substituents is 1. The molecule has 0 spiro atoms. The smallest absolute Gasteiger partial charge is 0.258 e. The van der Waals surface area contributed by atoms with Gasteiger partial charge in [-0.15, -0.1) is 0 Å². The summed E-state index contributed by atoms with van der Waals surface area (Å²) in [6.07, 6.45) is 0. The molecule has 2 aromatic rings. The molecule has 0 fully saturated rings. The Morgan fingerprint density at radius 1 is 1.05 bits per heavy atom. The average Bonchev–Trinajstić information content (AvgIpc) is 2.46. The van der Waals surface area contributed by atoms with Crippen molar-refractivity contribution in [2.75, 3.05) is 36.7 Å². The molecule has 5 nitrogen and oxygen atoms in total. The molecule has 0 unspecified atom stereocenters. The molecule has 2 rings (SSSR count). The molecular formula is C16H19N3O2. The minimum Gasteiger partial charge on any atom is -0.508 e. The maximum Gasteiger partial charge on any atom is 0.258 e. The number of phenols is 1. The second-order valence-electron chi connectivity index (χ2n) is 5.05. The Labute approximate surface area is 124 Å². The maximum absolute atomic E-state index is 12.5. The van der Waals surface area contributed by atoms with E-state index < -0.39 is 0 Å². The summed E-state index contributed by atoms with van der Waals surface area (Å²) in [6.45, 7) is 0. The molecule has 110 valence electrons. The lowest BCUT2D eigenvalue weighted by Gasteiger charge is -2.19. The zero-order valence-electron chi connectivity index (χ0n) is 12.4. The van der Waals surface area contributed by atoms with Crippen LogP contribution >= 0.6 is 0 Å². The summed E-state index contributed by atoms with van der Waals surface area (Å²) in [4.78, 5) is 15.9. The molecule has 0 radical (unpaired) electrons. The Bertz CT molecular complexity index is 651. The van der Waals surface area contributed by atoms with Crippen molar-refractivity contribution in [1.29, 1.82) is 0 Å². The van der Waals surface area contributed by atoms with Gasteiger partial charge in [-0.1, -0.05) is 0 Å². The van der Waals surface area contributed by atoms with Crippen molar-refractivity contribution in [3.63, 3.8) is 0 Å². The average molecular weight is 285 g/mol. The van der Waals surface area contributed by atoms with E-state index in [0.29, 0.717) is 16.9 Å². The van der Waals surface area contributed by atoms with Gasteiger partial charge in [-0.3, -0.25) is 4.79 Å². The second-order valence-corrected chi connectivity index (χ2v) is 5.05. The number of hydrogen-bond acceptors (Lipinski definition) is 4. The summed E-state index contributed by atoms with van der Waals surface area (Å²) in [6, 6.07) is 11.7. The Morgan fingerprint density at radius 3 is 2.19 bits per heavy atom. The fourth-order valence-corrected chi connectivity index (χ4v) is 2.08. The summed E-state index contributed by atoms with van der Waals surface area (Å²) in [5.74, 6) is 0.0110. The Balaban J connectivity index is 2.27. The van der Waals surface area contributed by atoms with Crippen molar-refractivity contribution in [3.05, 3.63) is 48.0 Å². The highest BCUT2D eigenvalue weighted by molar-refractivity contribution is 6.06. The number of aromatic hydroxyl groups is 1. The van der Waals surface area contributed by atoms with Crippen LogP contribution in [-0.4, -0.2) is 32.2 Å². The quantitative estimate of drug-likeness (QED) is 0.849. The lowest BCUT2D eigenvalue weighted by Crippen LogP contribution is -2.26. The summed E-state index contributed by atoms with van der Waals surface area (Å²) >= 11 is 0. The van der Waals surface area contributed by atoms with E-state index in [1.165, 1.54) is 4.90 Å². The van der Waals surface area contributed by atoms with Gasteiger partial charge in [0.25, 0.3) is 5.91 Å². The minimum absolute atomic E-state index is 0.155. The van der Waals surface area contributed by atoms with E-state index >= 15 is 0 Å². The number of nitrogens with two attached hydrogens (primary N) is 1. The van der Waals surface area contributed by atoms with Crippen molar-refractivity contribution in [2.24, 2.45) is 0 Å². The van der Waals surface area contributed by atoms with Gasteiger partial charge in [0.2, 0.25) is 0 Å². The molecule has 2 aromatic carbocycles. The van der Waals surface area contributed by atoms with Crippen LogP contribution in [0.5, 0.6) is 5.75 Å². The predicted molar refractivity (Wildman–Crippen MR) is 86.0 cm³/mol. The molecular weight excluding hydrogens is 266 g/mol. The molecule has 3 N–H and O–H groups in total. The Kier molecular flexibility index (Phi) is 4.03. The van der Waals surface area contributed by atoms with Gasteiger partial charge in [0, 0.05) is 32.4 Å². The lowest BCUT2D eigenvalue weighted by atomic mass is 10.1. The number of amides is 1. The molecule has 1 amide bonds. The molecule has 0 saturated heterocycles. The van der Waals surface area contributed by atoms with Gasteiger partial charge >= 0.3 is 0 Å². The van der Waals surface area contributed by atoms with Crippen molar-refractivity contribution < 1.29 is 9.90 Å². The van der Waals surface area contributed by atoms with Gasteiger partial charge in [0.15, 0.2) is 0 Å². The van der Waals surface area contributed by atoms with Crippen molar-refractivity contribution in [3.8, 4) is 5.75 Å². The third-order valence-electron chi connectivity index (χ3n) is 3.30. The van der Waals surface area contributed by atoms with Gasteiger partial charge in [0.05, 0.1) is 11.4 Å². The molecule has 0 aliphatic carbocycles. The van der Waals surface area contributed by atoms with Crippen LogP contribution in [-0.2, 0) is 0 Å². The minimum atomic E-state index is -0.155. The van der Waals surface area contributed by atoms with Crippen molar-refractivity contribution in [1.82, 2.24) is 0 Å². The number of nitrogen functional groups attached to an aromatic ring is 1. The van der Waals surface area contributed by atoms with E-state index in [9.17, 15) is 9.90 Å². The summed E-state index contributed by atoms with van der Waals surface area (Å²) in [5.41, 5.74) is 8.63. The maximum atomic E-state index is 12.5. The van der Waals surface area contributed by atoms with E-state index in [1.54, 1.807) is 43.4 Å². The lowest BCUT2D eigenvalue weighted by molar-refractivity contribution is 0.0993. The van der Waals surface area contributed by atoms with Gasteiger partial charge in [-0.2, -0.15) is 0 Å². The highest BCUT2D eigenvalue weighted by Gasteiger charge is 2.15. The van der Waals surface area contributed by atoms with Crippen LogP contribution in [0, 0.1) is 0 Å². The summed E-state index contributed by atoms with van der Waals surface area (Å²) in [7, 11) is 5.48. The monoisotopic (exact) mass is 285 g/mol. The van der Waals surface area contributed by atoms with Crippen LogP contribution in [0.1, 0.15) is 10.4 Å². The van der Waals surface area contributed by atoms with Crippen LogP contribution in [0.15, 0.2) is 42.5 Å². The largest absolute Gasteiger partial charge is 0.508 e. The standard InChI is InChI=1S/C16H19N3O2/c1-18(2)15-9-4-11(10-14(15)17)16(21)19(3)12-5-7-13(20)8-6-12/h4-10,20H,17H2,1-3H3. The highest BCUT2D eigenvalue weighted by Crippen LogP contribution is 2.24. The van der Waals surface area contributed by atoms with Crippen LogP contribution in [0.2, 0.25) is 0 Å². The zero-order valence-corrected chi connectivity index (χ0v) is 12.4. The number of rotatable bonds is 3. The fraction of sp³-hybridized carbons (Fsp3) is 0.188. The van der Waals surface area contributed by atoms with Gasteiger partial charge < -0.3 is 20.6 Å². The Morgan fingerprint density at radius 2 is 1.67 bits per heavy atom. The molecule has 0 aliphatic heterocycles. The first-order valence-corrected chi connectivity index (χ1v) is 6.54. The first-order valence-electron chi connectivity index (χ1n) is 6.54. The number of anilines is 3. The van der Waals surface area contributed by atoms with E-state index in [1.807, 2.05) is 25.1 Å². The Hall–Kier alpha value is -2.69. The van der Waals surface area contributed by atoms with Crippen LogP contribution < -0.4 is 15.5 Å². The van der Waals surface area contributed by atoms with Gasteiger partial charge in [0.1, 0.15) is 5.75 Å². The predicted octanol–water partition coefficient (Wildman–Crippen LogP) is 2.32. The van der Waals surface area contributed by atoms with E-state index in [4.69, 9.17) is 5.73 Å². The first kappa shape index (κ1) is 14.7. The topological polar surface area (TPSA) is 69.8 Å². The first-order chi connectivity index (χ1) is 9.90. The van der Waals surface area contributed by atoms with E-state index in [0.717, 1.165) is 5.69 Å². The summed E-state index contributed by atoms with van der Waals surface area (Å²) in [5, 5.41) is 9.29. The molecule has 0 aromatic heterocycles. The normalized spacial score (nSPS) is 10.2. The molecule has 21 heavy (non-hydrogen) atoms. The number of benzene rings is 2. The van der Waals surface area contributed by atoms with E-state index in [-0.39, 0.29) is 11.7 Å². The van der Waals surface area contributed by atoms with Crippen molar-refractivity contribution >= 4 is 23.0 Å². The number of carbonyl (C=O) groups is 1. The molecule has 0 atom stereocenters. The molecule has 0 heterocycles. The number of hydrogen-bond donors (Lipinski definition) is 2. The number of carbonyl (C=O) groups excluding carboxylic acids is 1. The van der Waals surface area contributed by atoms with Gasteiger partial charge in [-0.25, -0.2) is 0 Å². The second kappa shape index (κ2) is 5.75. The summed E-state index contributed by atoms with van der Waals surface area (Å²) < 4.78 is 0. The molecule has 0 bridgehead atoms. The third-order valence-corrected chi connectivity index (χ3v) is 3.30. The van der Waals surface area contributed by atoms with Crippen molar-refractivity contribution in [2.45, 2.75) is 0 Å². The van der Waals surface area contributed by atoms with Crippen LogP contribution in [0.4, 0.5) is 17.1 Å². The van der Waals surface area contributed by atoms with Crippen LogP contribution in [0.3, 0.4) is 0 Å². The molecule has 5 heteroatoms. The number of nitrogens with zero attached hydrogens (tertiary/aromatic N) is 2. The van der Waals surface area contributed by atoms with Gasteiger partial charge in [-0.05, 0) is 42.5 Å².